The van der Waals surface area contributed by atoms with Crippen molar-refractivity contribution in [2.24, 2.45) is 0 Å². The van der Waals surface area contributed by atoms with Crippen molar-refractivity contribution < 1.29 is 23.9 Å². The van der Waals surface area contributed by atoms with Gasteiger partial charge in [0.05, 0.1) is 13.7 Å². The fourth-order valence-electron chi connectivity index (χ4n) is 4.21. The number of benzene rings is 3. The number of nitrogens with zero attached hydrogens (tertiary/aromatic N) is 1. The Kier molecular flexibility index (Phi) is 8.58. The van der Waals surface area contributed by atoms with Crippen LogP contribution in [-0.4, -0.2) is 42.1 Å². The molecule has 1 heterocycles. The Morgan fingerprint density at radius 2 is 1.61 bits per heavy atom. The average Bonchev–Trinajstić information content (AvgIpc) is 2.91. The van der Waals surface area contributed by atoms with Gasteiger partial charge in [-0.25, -0.2) is 9.59 Å². The van der Waals surface area contributed by atoms with E-state index in [-0.39, 0.29) is 19.6 Å². The Morgan fingerprint density at radius 3 is 2.31 bits per heavy atom. The number of halogens is 1. The molecule has 2 amide bonds. The van der Waals surface area contributed by atoms with E-state index in [1.165, 1.54) is 12.0 Å². The summed E-state index contributed by atoms with van der Waals surface area (Å²) < 4.78 is 11.6. The molecule has 186 valence electrons. The van der Waals surface area contributed by atoms with Crippen LogP contribution >= 0.6 is 22.6 Å². The van der Waals surface area contributed by atoms with Crippen molar-refractivity contribution in [2.75, 3.05) is 7.11 Å². The normalized spacial score (nSPS) is 15.4. The molecule has 1 aliphatic rings. The molecule has 0 saturated carbocycles. The molecule has 0 saturated heterocycles. The number of ether oxygens (including phenoxy) is 2. The van der Waals surface area contributed by atoms with Crippen molar-refractivity contribution >= 4 is 40.6 Å². The summed E-state index contributed by atoms with van der Waals surface area (Å²) in [7, 11) is 1.29. The quantitative estimate of drug-likeness (QED) is 0.325. The van der Waals surface area contributed by atoms with Gasteiger partial charge in [0.25, 0.3) is 0 Å². The second-order valence-electron chi connectivity index (χ2n) is 8.57. The molecule has 1 N–H and O–H groups in total. The molecule has 4 rings (SSSR count). The second kappa shape index (κ2) is 12.0. The molecule has 7 nitrogen and oxygen atoms in total. The fourth-order valence-corrected chi connectivity index (χ4v) is 4.57. The molecule has 2 atom stereocenters. The molecule has 0 spiro atoms. The van der Waals surface area contributed by atoms with Crippen LogP contribution in [0.1, 0.15) is 22.3 Å². The van der Waals surface area contributed by atoms with Gasteiger partial charge in [-0.15, -0.1) is 0 Å². The summed E-state index contributed by atoms with van der Waals surface area (Å²) in [5, 5.41) is 2.83. The Morgan fingerprint density at radius 1 is 0.944 bits per heavy atom. The molecule has 0 aliphatic carbocycles. The first-order valence-corrected chi connectivity index (χ1v) is 12.7. The summed E-state index contributed by atoms with van der Waals surface area (Å²) >= 11 is 2.21. The smallest absolute Gasteiger partial charge is 0.411 e. The lowest BCUT2D eigenvalue weighted by Gasteiger charge is -2.35. The summed E-state index contributed by atoms with van der Waals surface area (Å²) in [4.78, 5) is 40.6. The molecule has 0 fully saturated rings. The van der Waals surface area contributed by atoms with Crippen LogP contribution in [0.2, 0.25) is 0 Å². The van der Waals surface area contributed by atoms with E-state index in [0.29, 0.717) is 6.42 Å². The van der Waals surface area contributed by atoms with Crippen molar-refractivity contribution in [2.45, 2.75) is 38.1 Å². The Balaban J connectivity index is 1.52. The van der Waals surface area contributed by atoms with E-state index < -0.39 is 30.1 Å². The zero-order valence-corrected chi connectivity index (χ0v) is 22.0. The first kappa shape index (κ1) is 25.7. The lowest BCUT2D eigenvalue weighted by atomic mass is 9.93. The second-order valence-corrected chi connectivity index (χ2v) is 9.82. The first-order chi connectivity index (χ1) is 17.4. The number of rotatable bonds is 7. The number of carbonyl (C=O) groups excluding carboxylic acids is 3. The lowest BCUT2D eigenvalue weighted by Crippen LogP contribution is -2.56. The first-order valence-electron chi connectivity index (χ1n) is 11.6. The van der Waals surface area contributed by atoms with Gasteiger partial charge in [-0.1, -0.05) is 66.7 Å². The summed E-state index contributed by atoms with van der Waals surface area (Å²) in [6.07, 6.45) is 0.0116. The standard InChI is InChI=1S/C28H27IN2O5/c1-35-27(33)24(15-19-11-13-23(29)14-12-19)30-26(32)25-16-21-9-5-6-10-22(21)17-31(25)28(34)36-18-20-7-3-2-4-8-20/h2-14,24-25H,15-18H2,1H3,(H,30,32)/t24-,25+/m1/s1. The van der Waals surface area contributed by atoms with Gasteiger partial charge < -0.3 is 14.8 Å². The number of carbonyl (C=O) groups is 3. The van der Waals surface area contributed by atoms with Crippen molar-refractivity contribution in [1.29, 1.82) is 0 Å². The average molecular weight is 598 g/mol. The molecule has 3 aromatic carbocycles. The van der Waals surface area contributed by atoms with Crippen molar-refractivity contribution in [3.05, 3.63) is 105 Å². The minimum absolute atomic E-state index is 0.101. The van der Waals surface area contributed by atoms with Gasteiger partial charge >= 0.3 is 12.1 Å². The summed E-state index contributed by atoms with van der Waals surface area (Å²) in [5.74, 6) is -0.974. The van der Waals surface area contributed by atoms with Crippen molar-refractivity contribution in [3.63, 3.8) is 0 Å². The van der Waals surface area contributed by atoms with Crippen LogP contribution in [0.3, 0.4) is 0 Å². The predicted molar refractivity (Wildman–Crippen MR) is 143 cm³/mol. The number of nitrogens with one attached hydrogen (secondary N) is 1. The minimum Gasteiger partial charge on any atom is -0.467 e. The Labute approximate surface area is 223 Å². The highest BCUT2D eigenvalue weighted by atomic mass is 127. The molecular weight excluding hydrogens is 571 g/mol. The van der Waals surface area contributed by atoms with Crippen LogP contribution in [0.4, 0.5) is 4.79 Å². The highest BCUT2D eigenvalue weighted by Gasteiger charge is 2.37. The number of hydrogen-bond donors (Lipinski definition) is 1. The molecular formula is C28H27IN2O5. The van der Waals surface area contributed by atoms with E-state index in [0.717, 1.165) is 25.8 Å². The number of methoxy groups -OCH3 is 1. The fraction of sp³-hybridized carbons (Fsp3) is 0.250. The monoisotopic (exact) mass is 598 g/mol. The highest BCUT2D eigenvalue weighted by Crippen LogP contribution is 2.25. The van der Waals surface area contributed by atoms with Gasteiger partial charge in [0.15, 0.2) is 0 Å². The van der Waals surface area contributed by atoms with E-state index in [1.54, 1.807) is 0 Å². The number of hydrogen-bond acceptors (Lipinski definition) is 5. The van der Waals surface area contributed by atoms with Gasteiger partial charge in [0, 0.05) is 16.4 Å². The van der Waals surface area contributed by atoms with Crippen molar-refractivity contribution in [1.82, 2.24) is 10.2 Å². The molecule has 0 radical (unpaired) electrons. The highest BCUT2D eigenvalue weighted by molar-refractivity contribution is 14.1. The number of amides is 2. The third-order valence-corrected chi connectivity index (χ3v) is 6.87. The van der Waals surface area contributed by atoms with Crippen LogP contribution in [0.15, 0.2) is 78.9 Å². The van der Waals surface area contributed by atoms with Crippen LogP contribution < -0.4 is 5.32 Å². The predicted octanol–water partition coefficient (Wildman–Crippen LogP) is 4.26. The zero-order chi connectivity index (χ0) is 25.5. The third kappa shape index (κ3) is 6.42. The summed E-state index contributed by atoms with van der Waals surface area (Å²) in [5.41, 5.74) is 3.69. The van der Waals surface area contributed by atoms with Gasteiger partial charge in [-0.3, -0.25) is 9.69 Å². The molecule has 0 aromatic heterocycles. The zero-order valence-electron chi connectivity index (χ0n) is 19.9. The van der Waals surface area contributed by atoms with Crippen LogP contribution in [0, 0.1) is 3.57 Å². The maximum Gasteiger partial charge on any atom is 0.411 e. The van der Waals surface area contributed by atoms with Crippen LogP contribution in [-0.2, 0) is 45.1 Å². The van der Waals surface area contributed by atoms with Crippen molar-refractivity contribution in [3.8, 4) is 0 Å². The number of esters is 1. The van der Waals surface area contributed by atoms with E-state index in [2.05, 4.69) is 27.9 Å². The Bertz CT molecular complexity index is 1220. The van der Waals surface area contributed by atoms with Gasteiger partial charge in [-0.2, -0.15) is 0 Å². The maximum atomic E-state index is 13.5. The van der Waals surface area contributed by atoms with E-state index in [9.17, 15) is 14.4 Å². The Hall–Kier alpha value is -3.40. The third-order valence-electron chi connectivity index (χ3n) is 6.15. The van der Waals surface area contributed by atoms with Gasteiger partial charge in [-0.05, 0) is 57.0 Å². The van der Waals surface area contributed by atoms with Gasteiger partial charge in [0.2, 0.25) is 5.91 Å². The summed E-state index contributed by atoms with van der Waals surface area (Å²) in [6, 6.07) is 23.1. The maximum absolute atomic E-state index is 13.5. The largest absolute Gasteiger partial charge is 0.467 e. The van der Waals surface area contributed by atoms with E-state index in [1.807, 2.05) is 78.9 Å². The molecule has 1 aliphatic heterocycles. The van der Waals surface area contributed by atoms with E-state index in [4.69, 9.17) is 9.47 Å². The molecule has 3 aromatic rings. The molecule has 8 heteroatoms. The number of fused-ring (bicyclic) bond motifs is 1. The molecule has 0 bridgehead atoms. The SMILES string of the molecule is COC(=O)[C@@H](Cc1ccc(I)cc1)NC(=O)[C@@H]1Cc2ccccc2CN1C(=O)OCc1ccccc1. The van der Waals surface area contributed by atoms with Gasteiger partial charge in [0.1, 0.15) is 18.7 Å². The van der Waals surface area contributed by atoms with Crippen LogP contribution in [0.5, 0.6) is 0 Å². The lowest BCUT2D eigenvalue weighted by molar-refractivity contribution is -0.145. The van der Waals surface area contributed by atoms with Crippen LogP contribution in [0.25, 0.3) is 0 Å². The topological polar surface area (TPSA) is 84.9 Å². The van der Waals surface area contributed by atoms with E-state index >= 15 is 0 Å². The molecule has 0 unspecified atom stereocenters. The minimum atomic E-state index is -0.887. The summed E-state index contributed by atoms with van der Waals surface area (Å²) in [6.45, 7) is 0.339. The molecule has 36 heavy (non-hydrogen) atoms.